The molecule has 1 aromatic rings. The fourth-order valence-electron chi connectivity index (χ4n) is 4.10. The van der Waals surface area contributed by atoms with Crippen LogP contribution >= 0.6 is 0 Å². The molecule has 144 valence electrons. The van der Waals surface area contributed by atoms with Gasteiger partial charge in [-0.2, -0.15) is 5.10 Å². The van der Waals surface area contributed by atoms with Crippen LogP contribution in [0.1, 0.15) is 53.8 Å². The minimum atomic E-state index is 0.114. The van der Waals surface area contributed by atoms with Gasteiger partial charge in [0, 0.05) is 44.0 Å². The quantitative estimate of drug-likeness (QED) is 0.598. The van der Waals surface area contributed by atoms with E-state index in [1.165, 1.54) is 18.5 Å². The van der Waals surface area contributed by atoms with Crippen molar-refractivity contribution in [2.75, 3.05) is 33.4 Å². The second-order valence-electron chi connectivity index (χ2n) is 7.34. The Labute approximate surface area is 156 Å². The molecule has 0 aromatic carbocycles. The number of aromatic nitrogens is 2. The Hall–Kier alpha value is -1.66. The minimum absolute atomic E-state index is 0.114. The van der Waals surface area contributed by atoms with Crippen molar-refractivity contribution in [3.63, 3.8) is 0 Å². The van der Waals surface area contributed by atoms with Crippen LogP contribution in [0.25, 0.3) is 0 Å². The van der Waals surface area contributed by atoms with Crippen LogP contribution in [0, 0.1) is 0 Å². The number of nitrogens with zero attached hydrogens (tertiary/aromatic N) is 3. The number of nitrogens with one attached hydrogen (secondary N) is 1. The number of ether oxygens (including phenoxy) is 1. The van der Waals surface area contributed by atoms with Gasteiger partial charge in [-0.05, 0) is 32.1 Å². The minimum Gasteiger partial charge on any atom is -0.383 e. The molecular weight excluding hydrogens is 328 g/mol. The number of likely N-dealkylation sites (tertiary alicyclic amines) is 1. The van der Waals surface area contributed by atoms with Gasteiger partial charge in [0.15, 0.2) is 5.69 Å². The van der Waals surface area contributed by atoms with E-state index in [0.717, 1.165) is 57.3 Å². The lowest BCUT2D eigenvalue weighted by molar-refractivity contribution is 0.0753. The smallest absolute Gasteiger partial charge is 0.274 e. The molecule has 1 atom stereocenters. The van der Waals surface area contributed by atoms with Crippen molar-refractivity contribution in [2.24, 2.45) is 0 Å². The molecule has 2 heterocycles. The summed E-state index contributed by atoms with van der Waals surface area (Å²) in [5, 5.41) is 8.27. The Morgan fingerprint density at radius 2 is 2.12 bits per heavy atom. The fraction of sp³-hybridized carbons (Fsp3) is 0.700. The molecule has 1 amide bonds. The SMILES string of the molecule is C=CCn1nc(C(=O)N2CCCCCC2)c2c1CCC(NCCOC)C2. The highest BCUT2D eigenvalue weighted by Gasteiger charge is 2.31. The molecule has 1 aromatic heterocycles. The molecule has 0 radical (unpaired) electrons. The molecule has 0 saturated carbocycles. The van der Waals surface area contributed by atoms with Crippen molar-refractivity contribution in [1.29, 1.82) is 0 Å². The summed E-state index contributed by atoms with van der Waals surface area (Å²) < 4.78 is 7.13. The molecular formula is C20H32N4O2. The van der Waals surface area contributed by atoms with Gasteiger partial charge in [-0.3, -0.25) is 9.48 Å². The molecule has 1 N–H and O–H groups in total. The molecule has 6 heteroatoms. The lowest BCUT2D eigenvalue weighted by Crippen LogP contribution is -2.38. The topological polar surface area (TPSA) is 59.4 Å². The summed E-state index contributed by atoms with van der Waals surface area (Å²) in [5.74, 6) is 0.114. The third-order valence-electron chi connectivity index (χ3n) is 5.48. The summed E-state index contributed by atoms with van der Waals surface area (Å²) in [6, 6.07) is 0.384. The number of carbonyl (C=O) groups is 1. The van der Waals surface area contributed by atoms with Gasteiger partial charge in [-0.1, -0.05) is 18.9 Å². The second-order valence-corrected chi connectivity index (χ2v) is 7.34. The Bertz CT molecular complexity index is 618. The Kier molecular flexibility index (Phi) is 6.86. The van der Waals surface area contributed by atoms with Crippen LogP contribution < -0.4 is 5.32 Å². The highest BCUT2D eigenvalue weighted by Crippen LogP contribution is 2.26. The van der Waals surface area contributed by atoms with Gasteiger partial charge in [0.25, 0.3) is 5.91 Å². The first kappa shape index (κ1) is 19.1. The van der Waals surface area contributed by atoms with Crippen LogP contribution in [0.2, 0.25) is 0 Å². The largest absolute Gasteiger partial charge is 0.383 e. The van der Waals surface area contributed by atoms with Gasteiger partial charge in [0.05, 0.1) is 13.2 Å². The van der Waals surface area contributed by atoms with Gasteiger partial charge in [-0.15, -0.1) is 6.58 Å². The van der Waals surface area contributed by atoms with Crippen LogP contribution in [0.4, 0.5) is 0 Å². The standard InChI is InChI=1S/C20H32N4O2/c1-3-11-24-18-9-8-16(21-10-14-26-2)15-17(18)19(22-24)20(25)23-12-6-4-5-7-13-23/h3,16,21H,1,4-15H2,2H3. The number of methoxy groups -OCH3 is 1. The number of allylic oxidation sites excluding steroid dienone is 1. The summed E-state index contributed by atoms with van der Waals surface area (Å²) in [5.41, 5.74) is 3.03. The van der Waals surface area contributed by atoms with E-state index in [2.05, 4.69) is 11.9 Å². The zero-order valence-corrected chi connectivity index (χ0v) is 16.0. The average Bonchev–Trinajstić information content (AvgIpc) is 2.83. The van der Waals surface area contributed by atoms with Crippen molar-refractivity contribution >= 4 is 5.91 Å². The van der Waals surface area contributed by atoms with E-state index in [-0.39, 0.29) is 5.91 Å². The highest BCUT2D eigenvalue weighted by atomic mass is 16.5. The third kappa shape index (κ3) is 4.35. The average molecular weight is 361 g/mol. The van der Waals surface area contributed by atoms with Crippen molar-refractivity contribution < 1.29 is 9.53 Å². The zero-order chi connectivity index (χ0) is 18.4. The second kappa shape index (κ2) is 9.33. The molecule has 3 rings (SSSR count). The Morgan fingerprint density at radius 1 is 1.35 bits per heavy atom. The number of hydrogen-bond acceptors (Lipinski definition) is 4. The molecule has 1 fully saturated rings. The van der Waals surface area contributed by atoms with Crippen LogP contribution in [0.3, 0.4) is 0 Å². The summed E-state index contributed by atoms with van der Waals surface area (Å²) in [6.07, 6.45) is 9.38. The first-order valence-corrected chi connectivity index (χ1v) is 9.95. The third-order valence-corrected chi connectivity index (χ3v) is 5.48. The van der Waals surface area contributed by atoms with Crippen LogP contribution in [0.15, 0.2) is 12.7 Å². The van der Waals surface area contributed by atoms with E-state index in [1.807, 2.05) is 15.7 Å². The van der Waals surface area contributed by atoms with Crippen molar-refractivity contribution in [3.05, 3.63) is 29.6 Å². The van der Waals surface area contributed by atoms with Gasteiger partial charge in [-0.25, -0.2) is 0 Å². The predicted molar refractivity (Wildman–Crippen MR) is 102 cm³/mol. The van der Waals surface area contributed by atoms with Crippen molar-refractivity contribution in [1.82, 2.24) is 20.0 Å². The fourth-order valence-corrected chi connectivity index (χ4v) is 4.10. The molecule has 1 aliphatic carbocycles. The Balaban J connectivity index is 1.80. The lowest BCUT2D eigenvalue weighted by atomic mass is 9.91. The molecule has 0 spiro atoms. The van der Waals surface area contributed by atoms with E-state index in [4.69, 9.17) is 9.84 Å². The van der Waals surface area contributed by atoms with E-state index >= 15 is 0 Å². The predicted octanol–water partition coefficient (Wildman–Crippen LogP) is 2.18. The number of hydrogen-bond donors (Lipinski definition) is 1. The molecule has 1 saturated heterocycles. The zero-order valence-electron chi connectivity index (χ0n) is 16.0. The highest BCUT2D eigenvalue weighted by molar-refractivity contribution is 5.94. The number of amides is 1. The van der Waals surface area contributed by atoms with E-state index in [9.17, 15) is 4.79 Å². The van der Waals surface area contributed by atoms with E-state index in [1.54, 1.807) is 7.11 Å². The van der Waals surface area contributed by atoms with Crippen molar-refractivity contribution in [3.8, 4) is 0 Å². The monoisotopic (exact) mass is 360 g/mol. The van der Waals surface area contributed by atoms with Crippen LogP contribution in [-0.4, -0.2) is 60.0 Å². The summed E-state index contributed by atoms with van der Waals surface area (Å²) in [7, 11) is 1.72. The lowest BCUT2D eigenvalue weighted by Gasteiger charge is -2.25. The molecule has 1 unspecified atom stereocenters. The van der Waals surface area contributed by atoms with Crippen LogP contribution in [0.5, 0.6) is 0 Å². The van der Waals surface area contributed by atoms with E-state index in [0.29, 0.717) is 24.9 Å². The molecule has 6 nitrogen and oxygen atoms in total. The molecule has 2 aliphatic rings. The molecule has 26 heavy (non-hydrogen) atoms. The summed E-state index contributed by atoms with van der Waals surface area (Å²) in [4.78, 5) is 15.2. The van der Waals surface area contributed by atoms with Gasteiger partial charge in [0.1, 0.15) is 0 Å². The first-order chi connectivity index (χ1) is 12.7. The number of carbonyl (C=O) groups excluding carboxylic acids is 1. The number of fused-ring (bicyclic) bond motifs is 1. The van der Waals surface area contributed by atoms with Gasteiger partial charge >= 0.3 is 0 Å². The van der Waals surface area contributed by atoms with Crippen LogP contribution in [-0.2, 0) is 24.1 Å². The maximum atomic E-state index is 13.2. The van der Waals surface area contributed by atoms with E-state index < -0.39 is 0 Å². The number of rotatable bonds is 7. The summed E-state index contributed by atoms with van der Waals surface area (Å²) >= 11 is 0. The van der Waals surface area contributed by atoms with Crippen molar-refractivity contribution in [2.45, 2.75) is 57.5 Å². The van der Waals surface area contributed by atoms with Gasteiger partial charge < -0.3 is 15.0 Å². The maximum absolute atomic E-state index is 13.2. The molecule has 0 bridgehead atoms. The summed E-state index contributed by atoms with van der Waals surface area (Å²) in [6.45, 7) is 7.77. The van der Waals surface area contributed by atoms with Gasteiger partial charge in [0.2, 0.25) is 0 Å². The maximum Gasteiger partial charge on any atom is 0.274 e. The Morgan fingerprint density at radius 3 is 2.81 bits per heavy atom. The molecule has 1 aliphatic heterocycles. The first-order valence-electron chi connectivity index (χ1n) is 9.95. The normalized spacial score (nSPS) is 20.5.